The van der Waals surface area contributed by atoms with Gasteiger partial charge in [-0.25, -0.2) is 4.98 Å². The molecule has 0 aliphatic heterocycles. The highest BCUT2D eigenvalue weighted by molar-refractivity contribution is 5.81. The molecular formula is C26H28N6O2. The van der Waals surface area contributed by atoms with Crippen molar-refractivity contribution in [3.8, 4) is 11.3 Å². The number of allylic oxidation sites excluding steroid dienone is 1. The predicted octanol–water partition coefficient (Wildman–Crippen LogP) is 4.17. The zero-order valence-corrected chi connectivity index (χ0v) is 19.6. The molecule has 0 spiro atoms. The molecule has 174 valence electrons. The molecule has 8 heteroatoms. The van der Waals surface area contributed by atoms with E-state index in [9.17, 15) is 0 Å². The van der Waals surface area contributed by atoms with Gasteiger partial charge in [-0.3, -0.25) is 9.67 Å². The Labute approximate surface area is 198 Å². The van der Waals surface area contributed by atoms with Crippen LogP contribution in [0.2, 0.25) is 0 Å². The third kappa shape index (κ3) is 4.58. The SMILES string of the molecule is COC1=CC(OC)CC(N(CCn2cccc2)c2ccc3ncc(-c4cnn(C)c4)nc3c2)=C1. The number of rotatable bonds is 8. The van der Waals surface area contributed by atoms with Gasteiger partial charge in [0.25, 0.3) is 0 Å². The third-order valence-electron chi connectivity index (χ3n) is 6.04. The molecule has 3 aromatic heterocycles. The summed E-state index contributed by atoms with van der Waals surface area (Å²) in [7, 11) is 5.31. The third-order valence-corrected chi connectivity index (χ3v) is 6.04. The predicted molar refractivity (Wildman–Crippen MR) is 132 cm³/mol. The molecular weight excluding hydrogens is 428 g/mol. The second-order valence-electron chi connectivity index (χ2n) is 8.29. The van der Waals surface area contributed by atoms with Crippen LogP contribution in [0.5, 0.6) is 0 Å². The van der Waals surface area contributed by atoms with Gasteiger partial charge in [-0.05, 0) is 42.5 Å². The highest BCUT2D eigenvalue weighted by Gasteiger charge is 2.22. The molecule has 5 rings (SSSR count). The van der Waals surface area contributed by atoms with Crippen LogP contribution >= 0.6 is 0 Å². The summed E-state index contributed by atoms with van der Waals surface area (Å²) in [5.74, 6) is 0.804. The molecule has 1 aliphatic carbocycles. The molecule has 0 saturated carbocycles. The molecule has 3 heterocycles. The first-order valence-corrected chi connectivity index (χ1v) is 11.3. The minimum atomic E-state index is -0.0403. The zero-order valence-electron chi connectivity index (χ0n) is 19.6. The maximum atomic E-state index is 5.67. The number of nitrogens with zero attached hydrogens (tertiary/aromatic N) is 6. The molecule has 1 aliphatic rings. The van der Waals surface area contributed by atoms with E-state index in [2.05, 4.69) is 50.2 Å². The number of hydrogen-bond donors (Lipinski definition) is 0. The largest absolute Gasteiger partial charge is 0.497 e. The van der Waals surface area contributed by atoms with E-state index >= 15 is 0 Å². The molecule has 0 bridgehead atoms. The van der Waals surface area contributed by atoms with Crippen molar-refractivity contribution in [2.24, 2.45) is 7.05 Å². The molecule has 0 fully saturated rings. The number of anilines is 1. The number of fused-ring (bicyclic) bond motifs is 1. The fourth-order valence-corrected chi connectivity index (χ4v) is 4.22. The Morgan fingerprint density at radius 3 is 2.71 bits per heavy atom. The van der Waals surface area contributed by atoms with Crippen LogP contribution in [-0.4, -0.2) is 51.2 Å². The highest BCUT2D eigenvalue weighted by atomic mass is 16.5. The van der Waals surface area contributed by atoms with E-state index in [0.717, 1.165) is 58.9 Å². The summed E-state index contributed by atoms with van der Waals surface area (Å²) in [5.41, 5.74) is 5.63. The van der Waals surface area contributed by atoms with Gasteiger partial charge in [-0.15, -0.1) is 0 Å². The normalized spacial score (nSPS) is 15.8. The van der Waals surface area contributed by atoms with Crippen molar-refractivity contribution in [1.29, 1.82) is 0 Å². The monoisotopic (exact) mass is 456 g/mol. The van der Waals surface area contributed by atoms with Gasteiger partial charge in [-0.1, -0.05) is 0 Å². The topological polar surface area (TPSA) is 70.2 Å². The average Bonchev–Trinajstić information content (AvgIpc) is 3.55. The quantitative estimate of drug-likeness (QED) is 0.396. The van der Waals surface area contributed by atoms with Crippen LogP contribution in [0, 0.1) is 0 Å². The number of aryl methyl sites for hydroxylation is 1. The Kier molecular flexibility index (Phi) is 6.14. The minimum Gasteiger partial charge on any atom is -0.497 e. The van der Waals surface area contributed by atoms with Crippen LogP contribution in [0.1, 0.15) is 6.42 Å². The standard InChI is InChI=1S/C26H28N6O2/c1-30-18-19(16-28-30)26-17-27-24-7-6-20(14-25(24)29-26)32(11-10-31-8-4-5-9-31)21-12-22(33-2)15-23(13-21)34-3/h4-9,12,14-18,23H,10-11,13H2,1-3H3. The van der Waals surface area contributed by atoms with Crippen LogP contribution in [0.4, 0.5) is 5.69 Å². The van der Waals surface area contributed by atoms with Crippen molar-refractivity contribution in [1.82, 2.24) is 24.3 Å². The number of benzene rings is 1. The van der Waals surface area contributed by atoms with Gasteiger partial charge in [0.1, 0.15) is 5.76 Å². The van der Waals surface area contributed by atoms with Crippen LogP contribution in [0.15, 0.2) is 84.9 Å². The zero-order chi connectivity index (χ0) is 23.5. The second kappa shape index (κ2) is 9.52. The summed E-state index contributed by atoms with van der Waals surface area (Å²) in [4.78, 5) is 11.8. The summed E-state index contributed by atoms with van der Waals surface area (Å²) >= 11 is 0. The van der Waals surface area contributed by atoms with E-state index in [4.69, 9.17) is 14.5 Å². The maximum Gasteiger partial charge on any atom is 0.119 e. The molecule has 0 saturated heterocycles. The Bertz CT molecular complexity index is 1340. The van der Waals surface area contributed by atoms with Crippen LogP contribution in [-0.2, 0) is 23.1 Å². The summed E-state index contributed by atoms with van der Waals surface area (Å²) in [5, 5.41) is 4.26. The highest BCUT2D eigenvalue weighted by Crippen LogP contribution is 2.30. The van der Waals surface area contributed by atoms with Crippen molar-refractivity contribution in [2.75, 3.05) is 25.7 Å². The molecule has 1 unspecified atom stereocenters. The number of aromatic nitrogens is 5. The van der Waals surface area contributed by atoms with Gasteiger partial charge >= 0.3 is 0 Å². The van der Waals surface area contributed by atoms with Crippen molar-refractivity contribution < 1.29 is 9.47 Å². The average molecular weight is 457 g/mol. The number of methoxy groups -OCH3 is 2. The Morgan fingerprint density at radius 2 is 1.97 bits per heavy atom. The van der Waals surface area contributed by atoms with Gasteiger partial charge in [-0.2, -0.15) is 5.10 Å². The minimum absolute atomic E-state index is 0.0403. The van der Waals surface area contributed by atoms with E-state index in [1.54, 1.807) is 31.3 Å². The lowest BCUT2D eigenvalue weighted by Crippen LogP contribution is -2.30. The molecule has 1 aromatic carbocycles. The molecule has 0 radical (unpaired) electrons. The maximum absolute atomic E-state index is 5.67. The summed E-state index contributed by atoms with van der Waals surface area (Å²) in [6.45, 7) is 1.63. The molecule has 1 atom stereocenters. The van der Waals surface area contributed by atoms with Gasteiger partial charge in [0.05, 0.1) is 42.3 Å². The molecule has 0 amide bonds. The lowest BCUT2D eigenvalue weighted by Gasteiger charge is -2.32. The lowest BCUT2D eigenvalue weighted by molar-refractivity contribution is 0.133. The first kappa shape index (κ1) is 21.9. The summed E-state index contributed by atoms with van der Waals surface area (Å²) in [6.07, 6.45) is 14.5. The summed E-state index contributed by atoms with van der Waals surface area (Å²) in [6, 6.07) is 10.3. The smallest absolute Gasteiger partial charge is 0.119 e. The molecule has 34 heavy (non-hydrogen) atoms. The first-order chi connectivity index (χ1) is 16.6. The van der Waals surface area contributed by atoms with E-state index in [-0.39, 0.29) is 6.10 Å². The van der Waals surface area contributed by atoms with E-state index in [1.165, 1.54) is 0 Å². The second-order valence-corrected chi connectivity index (χ2v) is 8.29. The van der Waals surface area contributed by atoms with Gasteiger partial charge in [0.15, 0.2) is 0 Å². The van der Waals surface area contributed by atoms with Crippen LogP contribution in [0.3, 0.4) is 0 Å². The Morgan fingerprint density at radius 1 is 1.12 bits per heavy atom. The Hall–Kier alpha value is -3.91. The van der Waals surface area contributed by atoms with Crippen molar-refractivity contribution in [2.45, 2.75) is 19.1 Å². The van der Waals surface area contributed by atoms with Crippen molar-refractivity contribution >= 4 is 16.7 Å². The van der Waals surface area contributed by atoms with Gasteiger partial charge < -0.3 is 18.9 Å². The fraction of sp³-hybridized carbons (Fsp3) is 0.269. The van der Waals surface area contributed by atoms with Crippen molar-refractivity contribution in [3.05, 3.63) is 84.9 Å². The number of hydrogen-bond acceptors (Lipinski definition) is 6. The van der Waals surface area contributed by atoms with Gasteiger partial charge in [0, 0.05) is 69.2 Å². The first-order valence-electron chi connectivity index (χ1n) is 11.3. The molecule has 8 nitrogen and oxygen atoms in total. The summed E-state index contributed by atoms with van der Waals surface area (Å²) < 4.78 is 15.2. The van der Waals surface area contributed by atoms with Crippen LogP contribution < -0.4 is 4.90 Å². The molecule has 0 N–H and O–H groups in total. The van der Waals surface area contributed by atoms with Crippen LogP contribution in [0.25, 0.3) is 22.3 Å². The van der Waals surface area contributed by atoms with Crippen molar-refractivity contribution in [3.63, 3.8) is 0 Å². The number of ether oxygens (including phenoxy) is 2. The van der Waals surface area contributed by atoms with Gasteiger partial charge in [0.2, 0.25) is 0 Å². The van der Waals surface area contributed by atoms with E-state index < -0.39 is 0 Å². The molecule has 4 aromatic rings. The lowest BCUT2D eigenvalue weighted by atomic mass is 10.0. The van der Waals surface area contributed by atoms with E-state index in [1.807, 2.05) is 37.5 Å². The Balaban J connectivity index is 1.53. The fourth-order valence-electron chi connectivity index (χ4n) is 4.22. The van der Waals surface area contributed by atoms with E-state index in [0.29, 0.717) is 0 Å².